The van der Waals surface area contributed by atoms with E-state index in [0.717, 1.165) is 25.7 Å². The molecule has 0 rings (SSSR count). The van der Waals surface area contributed by atoms with Gasteiger partial charge in [-0.05, 0) is 19.3 Å². The summed E-state index contributed by atoms with van der Waals surface area (Å²) in [7, 11) is -3.00. The summed E-state index contributed by atoms with van der Waals surface area (Å²) < 4.78 is 25.0. The molecule has 0 amide bonds. The van der Waals surface area contributed by atoms with Crippen molar-refractivity contribution in [2.75, 3.05) is 18.2 Å². The van der Waals surface area contributed by atoms with Crippen LogP contribution in [-0.2, 0) is 10.0 Å². The quantitative estimate of drug-likeness (QED) is 0.497. The Morgan fingerprint density at radius 1 is 1.14 bits per heavy atom. The summed E-state index contributed by atoms with van der Waals surface area (Å²) in [6.07, 6.45) is 4.71. The molecule has 0 spiro atoms. The second-order valence-corrected chi connectivity index (χ2v) is 5.62. The molecule has 0 heterocycles. The van der Waals surface area contributed by atoms with Crippen LogP contribution >= 0.6 is 11.6 Å². The SMILES string of the molecule is CCCS(=O)(=O)NCCCCCCCl. The maximum absolute atomic E-state index is 11.2. The largest absolute Gasteiger partial charge is 0.215 e. The molecule has 0 atom stereocenters. The van der Waals surface area contributed by atoms with Crippen LogP contribution in [0, 0.1) is 0 Å². The van der Waals surface area contributed by atoms with E-state index in [1.54, 1.807) is 0 Å². The Kier molecular flexibility index (Phi) is 8.63. The molecular weight excluding hydrogens is 222 g/mol. The molecule has 86 valence electrons. The fourth-order valence-electron chi connectivity index (χ4n) is 1.14. The lowest BCUT2D eigenvalue weighted by Gasteiger charge is -2.04. The Labute approximate surface area is 92.3 Å². The van der Waals surface area contributed by atoms with Crippen LogP contribution in [0.1, 0.15) is 39.0 Å². The third-order valence-corrected chi connectivity index (χ3v) is 3.71. The van der Waals surface area contributed by atoms with Gasteiger partial charge in [-0.2, -0.15) is 0 Å². The lowest BCUT2D eigenvalue weighted by atomic mass is 10.2. The summed E-state index contributed by atoms with van der Waals surface area (Å²) >= 11 is 5.52. The highest BCUT2D eigenvalue weighted by Crippen LogP contribution is 2.00. The average molecular weight is 242 g/mol. The monoisotopic (exact) mass is 241 g/mol. The molecule has 0 aromatic carbocycles. The smallest absolute Gasteiger partial charge is 0.211 e. The number of hydrogen-bond donors (Lipinski definition) is 1. The Balaban J connectivity index is 3.35. The van der Waals surface area contributed by atoms with Crippen molar-refractivity contribution in [1.29, 1.82) is 0 Å². The number of hydrogen-bond acceptors (Lipinski definition) is 2. The van der Waals surface area contributed by atoms with Gasteiger partial charge in [0, 0.05) is 12.4 Å². The lowest BCUT2D eigenvalue weighted by Crippen LogP contribution is -2.27. The average Bonchev–Trinajstić information content (AvgIpc) is 2.11. The van der Waals surface area contributed by atoms with Crippen molar-refractivity contribution >= 4 is 21.6 Å². The fourth-order valence-corrected chi connectivity index (χ4v) is 2.47. The molecule has 0 bridgehead atoms. The third-order valence-electron chi connectivity index (χ3n) is 1.86. The van der Waals surface area contributed by atoms with Gasteiger partial charge in [-0.15, -0.1) is 11.6 Å². The van der Waals surface area contributed by atoms with Crippen molar-refractivity contribution in [2.24, 2.45) is 0 Å². The maximum Gasteiger partial charge on any atom is 0.211 e. The normalized spacial score (nSPS) is 11.9. The van der Waals surface area contributed by atoms with Crippen LogP contribution in [0.2, 0.25) is 0 Å². The van der Waals surface area contributed by atoms with Gasteiger partial charge in [-0.1, -0.05) is 19.8 Å². The van der Waals surface area contributed by atoms with E-state index in [0.29, 0.717) is 18.8 Å². The molecular formula is C9H20ClNO2S. The Morgan fingerprint density at radius 3 is 2.36 bits per heavy atom. The van der Waals surface area contributed by atoms with Crippen molar-refractivity contribution in [2.45, 2.75) is 39.0 Å². The molecule has 1 N–H and O–H groups in total. The summed E-state index contributed by atoms with van der Waals surface area (Å²) in [5.41, 5.74) is 0. The van der Waals surface area contributed by atoms with E-state index < -0.39 is 10.0 Å². The molecule has 0 aliphatic carbocycles. The second kappa shape index (κ2) is 8.50. The predicted molar refractivity (Wildman–Crippen MR) is 61.3 cm³/mol. The van der Waals surface area contributed by atoms with Crippen LogP contribution in [0.25, 0.3) is 0 Å². The van der Waals surface area contributed by atoms with Gasteiger partial charge in [0.25, 0.3) is 0 Å². The van der Waals surface area contributed by atoms with E-state index in [4.69, 9.17) is 11.6 Å². The van der Waals surface area contributed by atoms with Crippen molar-refractivity contribution in [3.63, 3.8) is 0 Å². The van der Waals surface area contributed by atoms with Gasteiger partial charge in [0.05, 0.1) is 5.75 Å². The standard InChI is InChI=1S/C9H20ClNO2S/c1-2-9-14(12,13)11-8-6-4-3-5-7-10/h11H,2-9H2,1H3. The minimum absolute atomic E-state index is 0.231. The molecule has 3 nitrogen and oxygen atoms in total. The van der Waals surface area contributed by atoms with E-state index in [1.807, 2.05) is 6.92 Å². The second-order valence-electron chi connectivity index (χ2n) is 3.32. The van der Waals surface area contributed by atoms with Gasteiger partial charge in [-0.3, -0.25) is 0 Å². The summed E-state index contributed by atoms with van der Waals surface area (Å²) in [6, 6.07) is 0. The summed E-state index contributed by atoms with van der Waals surface area (Å²) in [4.78, 5) is 0. The zero-order valence-corrected chi connectivity index (χ0v) is 10.3. The predicted octanol–water partition coefficient (Wildman–Crippen LogP) is 2.12. The molecule has 5 heteroatoms. The zero-order valence-electron chi connectivity index (χ0n) is 8.76. The molecule has 0 saturated carbocycles. The number of nitrogens with one attached hydrogen (secondary N) is 1. The minimum atomic E-state index is -3.00. The van der Waals surface area contributed by atoms with Crippen LogP contribution in [0.4, 0.5) is 0 Å². The van der Waals surface area contributed by atoms with Crippen LogP contribution in [0.3, 0.4) is 0 Å². The molecule has 14 heavy (non-hydrogen) atoms. The number of sulfonamides is 1. The van der Waals surface area contributed by atoms with Crippen LogP contribution < -0.4 is 4.72 Å². The van der Waals surface area contributed by atoms with Crippen molar-refractivity contribution in [3.05, 3.63) is 0 Å². The molecule has 0 fully saturated rings. The van der Waals surface area contributed by atoms with E-state index >= 15 is 0 Å². The van der Waals surface area contributed by atoms with Crippen molar-refractivity contribution in [1.82, 2.24) is 4.72 Å². The van der Waals surface area contributed by atoms with E-state index in [1.165, 1.54) is 0 Å². The highest BCUT2D eigenvalue weighted by atomic mass is 35.5. The first-order valence-corrected chi connectivity index (χ1v) is 7.34. The first-order chi connectivity index (χ1) is 6.62. The summed E-state index contributed by atoms with van der Waals surface area (Å²) in [5.74, 6) is 0.927. The summed E-state index contributed by atoms with van der Waals surface area (Å²) in [6.45, 7) is 2.42. The minimum Gasteiger partial charge on any atom is -0.215 e. The van der Waals surface area contributed by atoms with Crippen molar-refractivity contribution in [3.8, 4) is 0 Å². The van der Waals surface area contributed by atoms with E-state index in [-0.39, 0.29) is 5.75 Å². The molecule has 0 aromatic rings. The van der Waals surface area contributed by atoms with Gasteiger partial charge in [0.2, 0.25) is 10.0 Å². The van der Waals surface area contributed by atoms with Gasteiger partial charge in [0.15, 0.2) is 0 Å². The van der Waals surface area contributed by atoms with Crippen LogP contribution in [0.5, 0.6) is 0 Å². The Hall–Kier alpha value is 0.200. The highest BCUT2D eigenvalue weighted by Gasteiger charge is 2.06. The Morgan fingerprint density at radius 2 is 1.79 bits per heavy atom. The topological polar surface area (TPSA) is 46.2 Å². The summed E-state index contributed by atoms with van der Waals surface area (Å²) in [5, 5.41) is 0. The van der Waals surface area contributed by atoms with Gasteiger partial charge in [-0.25, -0.2) is 13.1 Å². The zero-order chi connectivity index (χ0) is 10.9. The molecule has 0 aliphatic heterocycles. The first kappa shape index (κ1) is 14.2. The van der Waals surface area contributed by atoms with Gasteiger partial charge < -0.3 is 0 Å². The lowest BCUT2D eigenvalue weighted by molar-refractivity contribution is 0.572. The van der Waals surface area contributed by atoms with Crippen molar-refractivity contribution < 1.29 is 8.42 Å². The molecule has 0 aliphatic rings. The highest BCUT2D eigenvalue weighted by molar-refractivity contribution is 7.89. The van der Waals surface area contributed by atoms with Crippen LogP contribution in [-0.4, -0.2) is 26.6 Å². The van der Waals surface area contributed by atoms with Crippen LogP contribution in [0.15, 0.2) is 0 Å². The number of unbranched alkanes of at least 4 members (excludes halogenated alkanes) is 3. The molecule has 0 saturated heterocycles. The number of alkyl halides is 1. The maximum atomic E-state index is 11.2. The Bertz CT molecular complexity index is 217. The van der Waals surface area contributed by atoms with E-state index in [9.17, 15) is 8.42 Å². The van der Waals surface area contributed by atoms with Gasteiger partial charge >= 0.3 is 0 Å². The molecule has 0 radical (unpaired) electrons. The van der Waals surface area contributed by atoms with E-state index in [2.05, 4.69) is 4.72 Å². The first-order valence-electron chi connectivity index (χ1n) is 5.15. The number of rotatable bonds is 9. The third kappa shape index (κ3) is 8.78. The fraction of sp³-hybridized carbons (Fsp3) is 1.00. The number of halogens is 1. The van der Waals surface area contributed by atoms with Gasteiger partial charge in [0.1, 0.15) is 0 Å². The molecule has 0 aromatic heterocycles. The molecule has 0 unspecified atom stereocenters.